The minimum absolute atomic E-state index is 0.563. The Hall–Kier alpha value is -1.06. The molecule has 2 N–H and O–H groups in total. The van der Waals surface area contributed by atoms with E-state index >= 15 is 0 Å². The molecular weight excluding hydrogens is 238 g/mol. The topological polar surface area (TPSA) is 45.4 Å². The summed E-state index contributed by atoms with van der Waals surface area (Å²) in [5, 5.41) is 14.0. The Labute approximate surface area is 115 Å². The standard InChI is InChI=1S/C16H25NO2/c1-12-9-15(13(2)19-12)16(3,18)11-17-10-14-7-5-4-6-8-14/h4-5,9,14,17-18H,6-8,10-11H2,1-3H3. The summed E-state index contributed by atoms with van der Waals surface area (Å²) in [5.74, 6) is 2.36. The molecule has 2 atom stereocenters. The quantitative estimate of drug-likeness (QED) is 0.803. The molecule has 3 heteroatoms. The van der Waals surface area contributed by atoms with Crippen LogP contribution in [-0.2, 0) is 5.60 Å². The van der Waals surface area contributed by atoms with Crippen molar-refractivity contribution in [1.29, 1.82) is 0 Å². The Kier molecular flexibility index (Phi) is 4.48. The SMILES string of the molecule is Cc1cc(C(C)(O)CNCC2CC=CCC2)c(C)o1. The maximum Gasteiger partial charge on any atom is 0.107 e. The summed E-state index contributed by atoms with van der Waals surface area (Å²) in [6.07, 6.45) is 8.10. The van der Waals surface area contributed by atoms with Crippen molar-refractivity contribution in [2.24, 2.45) is 5.92 Å². The number of aliphatic hydroxyl groups is 1. The van der Waals surface area contributed by atoms with Gasteiger partial charge in [0.05, 0.1) is 0 Å². The molecule has 106 valence electrons. The van der Waals surface area contributed by atoms with Crippen LogP contribution in [0.15, 0.2) is 22.6 Å². The van der Waals surface area contributed by atoms with Gasteiger partial charge in [0.25, 0.3) is 0 Å². The van der Waals surface area contributed by atoms with Gasteiger partial charge in [-0.25, -0.2) is 0 Å². The highest BCUT2D eigenvalue weighted by molar-refractivity contribution is 5.26. The first-order valence-corrected chi connectivity index (χ1v) is 7.14. The average molecular weight is 263 g/mol. The van der Waals surface area contributed by atoms with Crippen LogP contribution in [0.3, 0.4) is 0 Å². The molecule has 1 heterocycles. The van der Waals surface area contributed by atoms with Crippen LogP contribution in [0.4, 0.5) is 0 Å². The number of aryl methyl sites for hydroxylation is 2. The monoisotopic (exact) mass is 263 g/mol. The number of allylic oxidation sites excluding steroid dienone is 2. The summed E-state index contributed by atoms with van der Waals surface area (Å²) < 4.78 is 5.50. The maximum absolute atomic E-state index is 10.6. The summed E-state index contributed by atoms with van der Waals surface area (Å²) in [4.78, 5) is 0. The van der Waals surface area contributed by atoms with Crippen LogP contribution in [0.25, 0.3) is 0 Å². The molecule has 1 aliphatic carbocycles. The van der Waals surface area contributed by atoms with Gasteiger partial charge < -0.3 is 14.8 Å². The highest BCUT2D eigenvalue weighted by atomic mass is 16.3. The van der Waals surface area contributed by atoms with Gasteiger partial charge >= 0.3 is 0 Å². The summed E-state index contributed by atoms with van der Waals surface area (Å²) in [6.45, 7) is 7.19. The van der Waals surface area contributed by atoms with Crippen LogP contribution in [0, 0.1) is 19.8 Å². The fourth-order valence-corrected chi connectivity index (χ4v) is 2.82. The van der Waals surface area contributed by atoms with Crippen LogP contribution in [-0.4, -0.2) is 18.2 Å². The van der Waals surface area contributed by atoms with E-state index in [1.807, 2.05) is 26.8 Å². The van der Waals surface area contributed by atoms with E-state index in [0.717, 1.165) is 30.0 Å². The number of nitrogens with one attached hydrogen (secondary N) is 1. The Morgan fingerprint density at radius 1 is 1.42 bits per heavy atom. The predicted octanol–water partition coefficient (Wildman–Crippen LogP) is 3.05. The highest BCUT2D eigenvalue weighted by Crippen LogP contribution is 2.26. The first-order valence-electron chi connectivity index (χ1n) is 7.14. The summed E-state index contributed by atoms with van der Waals surface area (Å²) >= 11 is 0. The van der Waals surface area contributed by atoms with E-state index in [1.165, 1.54) is 12.8 Å². The molecule has 0 saturated carbocycles. The number of rotatable bonds is 5. The molecule has 0 saturated heterocycles. The summed E-state index contributed by atoms with van der Waals surface area (Å²) in [6, 6.07) is 1.93. The van der Waals surface area contributed by atoms with Gasteiger partial charge in [0.1, 0.15) is 17.1 Å². The molecule has 0 aromatic carbocycles. The fraction of sp³-hybridized carbons (Fsp3) is 0.625. The van der Waals surface area contributed by atoms with E-state index in [1.54, 1.807) is 0 Å². The second-order valence-electron chi connectivity index (χ2n) is 5.88. The first kappa shape index (κ1) is 14.4. The molecule has 1 aliphatic rings. The van der Waals surface area contributed by atoms with Gasteiger partial charge in [-0.05, 0) is 58.6 Å². The minimum Gasteiger partial charge on any atom is -0.466 e. The molecule has 0 amide bonds. The third kappa shape index (κ3) is 3.71. The molecule has 3 nitrogen and oxygen atoms in total. The summed E-state index contributed by atoms with van der Waals surface area (Å²) in [7, 11) is 0. The fourth-order valence-electron chi connectivity index (χ4n) is 2.82. The van der Waals surface area contributed by atoms with Crippen LogP contribution in [0.1, 0.15) is 43.3 Å². The van der Waals surface area contributed by atoms with Gasteiger partial charge in [0, 0.05) is 12.1 Å². The first-order chi connectivity index (χ1) is 8.99. The zero-order valence-electron chi connectivity index (χ0n) is 12.2. The van der Waals surface area contributed by atoms with Crippen LogP contribution >= 0.6 is 0 Å². The summed E-state index contributed by atoms with van der Waals surface area (Å²) in [5.41, 5.74) is 0.0212. The number of furan rings is 1. The van der Waals surface area contributed by atoms with E-state index in [0.29, 0.717) is 12.5 Å². The number of hydrogen-bond donors (Lipinski definition) is 2. The largest absolute Gasteiger partial charge is 0.466 e. The van der Waals surface area contributed by atoms with Crippen LogP contribution in [0.2, 0.25) is 0 Å². The molecule has 19 heavy (non-hydrogen) atoms. The highest BCUT2D eigenvalue weighted by Gasteiger charge is 2.27. The lowest BCUT2D eigenvalue weighted by Gasteiger charge is -2.25. The lowest BCUT2D eigenvalue weighted by Crippen LogP contribution is -2.38. The zero-order chi connectivity index (χ0) is 13.9. The van der Waals surface area contributed by atoms with Gasteiger partial charge in [-0.3, -0.25) is 0 Å². The van der Waals surface area contributed by atoms with Crippen molar-refractivity contribution in [1.82, 2.24) is 5.32 Å². The molecule has 1 aromatic heterocycles. The molecule has 0 spiro atoms. The molecule has 0 fully saturated rings. The Balaban J connectivity index is 1.87. The molecular formula is C16H25NO2. The Morgan fingerprint density at radius 2 is 2.21 bits per heavy atom. The lowest BCUT2D eigenvalue weighted by atomic mass is 9.93. The molecule has 0 radical (unpaired) electrons. The molecule has 0 aliphatic heterocycles. The normalized spacial score (nSPS) is 22.4. The van der Waals surface area contributed by atoms with Crippen molar-refractivity contribution in [3.8, 4) is 0 Å². The zero-order valence-corrected chi connectivity index (χ0v) is 12.2. The predicted molar refractivity (Wildman–Crippen MR) is 77.1 cm³/mol. The van der Waals surface area contributed by atoms with Crippen molar-refractivity contribution in [2.45, 2.75) is 45.6 Å². The molecule has 1 aromatic rings. The minimum atomic E-state index is -0.869. The van der Waals surface area contributed by atoms with E-state index < -0.39 is 5.60 Å². The Bertz CT molecular complexity index is 446. The van der Waals surface area contributed by atoms with Crippen molar-refractivity contribution >= 4 is 0 Å². The second-order valence-corrected chi connectivity index (χ2v) is 5.88. The third-order valence-electron chi connectivity index (χ3n) is 3.90. The number of hydrogen-bond acceptors (Lipinski definition) is 3. The van der Waals surface area contributed by atoms with Crippen LogP contribution in [0.5, 0.6) is 0 Å². The average Bonchev–Trinajstić information content (AvgIpc) is 2.70. The van der Waals surface area contributed by atoms with Crippen LogP contribution < -0.4 is 5.32 Å². The van der Waals surface area contributed by atoms with E-state index in [9.17, 15) is 5.11 Å². The van der Waals surface area contributed by atoms with E-state index in [4.69, 9.17) is 4.42 Å². The van der Waals surface area contributed by atoms with Crippen molar-refractivity contribution < 1.29 is 9.52 Å². The Morgan fingerprint density at radius 3 is 2.79 bits per heavy atom. The van der Waals surface area contributed by atoms with Gasteiger partial charge in [-0.2, -0.15) is 0 Å². The third-order valence-corrected chi connectivity index (χ3v) is 3.90. The van der Waals surface area contributed by atoms with E-state index in [-0.39, 0.29) is 0 Å². The van der Waals surface area contributed by atoms with E-state index in [2.05, 4.69) is 17.5 Å². The molecule has 0 bridgehead atoms. The lowest BCUT2D eigenvalue weighted by molar-refractivity contribution is 0.0544. The molecule has 2 rings (SSSR count). The van der Waals surface area contributed by atoms with Crippen molar-refractivity contribution in [3.63, 3.8) is 0 Å². The molecule has 2 unspecified atom stereocenters. The van der Waals surface area contributed by atoms with Crippen molar-refractivity contribution in [2.75, 3.05) is 13.1 Å². The smallest absolute Gasteiger partial charge is 0.107 e. The van der Waals surface area contributed by atoms with Gasteiger partial charge in [0.2, 0.25) is 0 Å². The van der Waals surface area contributed by atoms with Crippen molar-refractivity contribution in [3.05, 3.63) is 35.3 Å². The maximum atomic E-state index is 10.6. The van der Waals surface area contributed by atoms with Gasteiger partial charge in [-0.15, -0.1) is 0 Å². The van der Waals surface area contributed by atoms with Gasteiger partial charge in [-0.1, -0.05) is 12.2 Å². The van der Waals surface area contributed by atoms with Gasteiger partial charge in [0.15, 0.2) is 0 Å². The second kappa shape index (κ2) is 5.93.